The molecule has 0 aromatic heterocycles. The van der Waals surface area contributed by atoms with Crippen molar-refractivity contribution in [2.45, 2.75) is 31.4 Å². The quantitative estimate of drug-likeness (QED) is 0.727. The van der Waals surface area contributed by atoms with Crippen LogP contribution in [-0.4, -0.2) is 68.1 Å². The Kier molecular flexibility index (Phi) is 6.58. The molecule has 19 heavy (non-hydrogen) atoms. The molecule has 0 aromatic carbocycles. The topological polar surface area (TPSA) is 88.1 Å². The van der Waals surface area contributed by atoms with E-state index in [1.54, 1.807) is 7.05 Å². The van der Waals surface area contributed by atoms with Crippen LogP contribution in [0.25, 0.3) is 0 Å². The third-order valence-electron chi connectivity index (χ3n) is 3.03. The van der Waals surface area contributed by atoms with Gasteiger partial charge in [0.2, 0.25) is 0 Å². The van der Waals surface area contributed by atoms with E-state index in [0.717, 1.165) is 25.9 Å². The highest BCUT2D eigenvalue weighted by molar-refractivity contribution is 5.82. The predicted octanol–water partition coefficient (Wildman–Crippen LogP) is 0.297. The van der Waals surface area contributed by atoms with Crippen molar-refractivity contribution in [1.29, 1.82) is 0 Å². The summed E-state index contributed by atoms with van der Waals surface area (Å²) in [7, 11) is 3.01. The number of aliphatic carboxylic acids is 1. The molecule has 1 fully saturated rings. The van der Waals surface area contributed by atoms with Gasteiger partial charge in [0.25, 0.3) is 0 Å². The summed E-state index contributed by atoms with van der Waals surface area (Å²) in [5.74, 6) is -1.11. The molecule has 7 nitrogen and oxygen atoms in total. The lowest BCUT2D eigenvalue weighted by molar-refractivity contribution is -0.140. The van der Waals surface area contributed by atoms with E-state index in [0.29, 0.717) is 6.54 Å². The minimum atomic E-state index is -1.11. The summed E-state index contributed by atoms with van der Waals surface area (Å²) in [5, 5.41) is 11.3. The second-order valence-electron chi connectivity index (χ2n) is 4.66. The Hall–Kier alpha value is -1.34. The molecule has 0 aromatic rings. The molecule has 1 rings (SSSR count). The van der Waals surface area contributed by atoms with E-state index >= 15 is 0 Å². The highest BCUT2D eigenvalue weighted by atomic mass is 16.5. The van der Waals surface area contributed by atoms with Gasteiger partial charge in [-0.05, 0) is 19.3 Å². The fourth-order valence-corrected chi connectivity index (χ4v) is 1.94. The van der Waals surface area contributed by atoms with E-state index in [-0.39, 0.29) is 12.7 Å². The molecule has 0 bridgehead atoms. The van der Waals surface area contributed by atoms with Crippen LogP contribution in [0.1, 0.15) is 19.3 Å². The number of carboxylic acid groups (broad SMARTS) is 1. The van der Waals surface area contributed by atoms with Gasteiger partial charge in [-0.2, -0.15) is 0 Å². The van der Waals surface area contributed by atoms with Crippen LogP contribution in [0.4, 0.5) is 4.79 Å². The molecule has 1 saturated heterocycles. The molecule has 1 aliphatic rings. The Morgan fingerprint density at radius 3 is 2.79 bits per heavy atom. The van der Waals surface area contributed by atoms with Crippen LogP contribution < -0.4 is 5.32 Å². The minimum Gasteiger partial charge on any atom is -0.480 e. The monoisotopic (exact) mass is 274 g/mol. The van der Waals surface area contributed by atoms with Crippen LogP contribution in [0.2, 0.25) is 0 Å². The Bertz CT molecular complexity index is 304. The lowest BCUT2D eigenvalue weighted by Crippen LogP contribution is -2.50. The summed E-state index contributed by atoms with van der Waals surface area (Å²) < 4.78 is 10.3. The maximum Gasteiger partial charge on any atom is 0.328 e. The van der Waals surface area contributed by atoms with E-state index in [4.69, 9.17) is 14.6 Å². The smallest absolute Gasteiger partial charge is 0.328 e. The Morgan fingerprint density at radius 1 is 1.53 bits per heavy atom. The van der Waals surface area contributed by atoms with Gasteiger partial charge >= 0.3 is 12.0 Å². The number of carboxylic acids is 1. The summed E-state index contributed by atoms with van der Waals surface area (Å²) >= 11 is 0. The molecule has 1 heterocycles. The first-order valence-corrected chi connectivity index (χ1v) is 6.39. The zero-order valence-corrected chi connectivity index (χ0v) is 11.4. The molecule has 2 N–H and O–H groups in total. The number of likely N-dealkylation sites (N-methyl/N-ethyl adjacent to an activating group) is 1. The fourth-order valence-electron chi connectivity index (χ4n) is 1.94. The van der Waals surface area contributed by atoms with Crippen molar-refractivity contribution in [3.63, 3.8) is 0 Å². The average Bonchev–Trinajstić information content (AvgIpc) is 2.39. The standard InChI is InChI=1S/C12H22N2O5/c1-14(7-9-5-3-4-6-19-9)12(17)13-10(8-18-2)11(15)16/h9-10H,3-8H2,1-2H3,(H,13,17)(H,15,16). The van der Waals surface area contributed by atoms with E-state index in [2.05, 4.69) is 5.32 Å². The van der Waals surface area contributed by atoms with E-state index in [1.807, 2.05) is 0 Å². The number of nitrogens with zero attached hydrogens (tertiary/aromatic N) is 1. The molecule has 0 radical (unpaired) electrons. The molecule has 0 saturated carbocycles. The van der Waals surface area contributed by atoms with Crippen molar-refractivity contribution >= 4 is 12.0 Å². The second-order valence-corrected chi connectivity index (χ2v) is 4.66. The lowest BCUT2D eigenvalue weighted by Gasteiger charge is -2.28. The van der Waals surface area contributed by atoms with E-state index in [9.17, 15) is 9.59 Å². The van der Waals surface area contributed by atoms with Gasteiger partial charge in [-0.3, -0.25) is 0 Å². The number of ether oxygens (including phenoxy) is 2. The van der Waals surface area contributed by atoms with Gasteiger partial charge in [0, 0.05) is 27.3 Å². The normalized spacial score (nSPS) is 20.6. The second kappa shape index (κ2) is 7.96. The van der Waals surface area contributed by atoms with Crippen molar-refractivity contribution in [1.82, 2.24) is 10.2 Å². The molecule has 2 atom stereocenters. The number of rotatable bonds is 6. The van der Waals surface area contributed by atoms with Crippen molar-refractivity contribution < 1.29 is 24.2 Å². The largest absolute Gasteiger partial charge is 0.480 e. The first-order valence-electron chi connectivity index (χ1n) is 6.39. The van der Waals surface area contributed by atoms with Crippen molar-refractivity contribution in [2.75, 3.05) is 33.9 Å². The fraction of sp³-hybridized carbons (Fsp3) is 0.833. The SMILES string of the molecule is COCC(NC(=O)N(C)CC1CCCCO1)C(=O)O. The van der Waals surface area contributed by atoms with Gasteiger partial charge in [0.1, 0.15) is 0 Å². The van der Waals surface area contributed by atoms with Crippen LogP contribution in [0, 0.1) is 0 Å². The number of urea groups is 1. The number of amides is 2. The average molecular weight is 274 g/mol. The molecule has 1 aliphatic heterocycles. The number of carbonyl (C=O) groups excluding carboxylic acids is 1. The maximum absolute atomic E-state index is 11.8. The van der Waals surface area contributed by atoms with Gasteiger partial charge in [-0.15, -0.1) is 0 Å². The zero-order valence-electron chi connectivity index (χ0n) is 11.4. The first kappa shape index (κ1) is 15.7. The van der Waals surface area contributed by atoms with Gasteiger partial charge in [0.15, 0.2) is 6.04 Å². The van der Waals surface area contributed by atoms with Gasteiger partial charge < -0.3 is 24.8 Å². The predicted molar refractivity (Wildman–Crippen MR) is 68.1 cm³/mol. The summed E-state index contributed by atoms with van der Waals surface area (Å²) in [6.07, 6.45) is 3.12. The molecule has 7 heteroatoms. The number of nitrogens with one attached hydrogen (secondary N) is 1. The van der Waals surface area contributed by atoms with Crippen molar-refractivity contribution in [3.05, 3.63) is 0 Å². The molecular weight excluding hydrogens is 252 g/mol. The zero-order chi connectivity index (χ0) is 14.3. The number of hydrogen-bond acceptors (Lipinski definition) is 4. The van der Waals surface area contributed by atoms with Crippen LogP contribution in [-0.2, 0) is 14.3 Å². The number of carbonyl (C=O) groups is 2. The summed E-state index contributed by atoms with van der Waals surface area (Å²) in [4.78, 5) is 24.2. The molecule has 2 amide bonds. The lowest BCUT2D eigenvalue weighted by atomic mass is 10.1. The van der Waals surface area contributed by atoms with Crippen LogP contribution >= 0.6 is 0 Å². The Balaban J connectivity index is 2.39. The summed E-state index contributed by atoms with van der Waals surface area (Å²) in [5.41, 5.74) is 0. The third kappa shape index (κ3) is 5.44. The first-order chi connectivity index (χ1) is 9.04. The van der Waals surface area contributed by atoms with Crippen LogP contribution in [0.3, 0.4) is 0 Å². The molecule has 0 aliphatic carbocycles. The molecule has 0 spiro atoms. The third-order valence-corrected chi connectivity index (χ3v) is 3.03. The van der Waals surface area contributed by atoms with Gasteiger partial charge in [-0.1, -0.05) is 0 Å². The van der Waals surface area contributed by atoms with Gasteiger partial charge in [-0.25, -0.2) is 9.59 Å². The van der Waals surface area contributed by atoms with Crippen molar-refractivity contribution in [3.8, 4) is 0 Å². The molecule has 110 valence electrons. The van der Waals surface area contributed by atoms with Crippen molar-refractivity contribution in [2.24, 2.45) is 0 Å². The van der Waals surface area contributed by atoms with Crippen LogP contribution in [0.15, 0.2) is 0 Å². The van der Waals surface area contributed by atoms with E-state index in [1.165, 1.54) is 12.0 Å². The minimum absolute atomic E-state index is 0.0372. The van der Waals surface area contributed by atoms with E-state index < -0.39 is 18.0 Å². The highest BCUT2D eigenvalue weighted by Gasteiger charge is 2.23. The number of methoxy groups -OCH3 is 1. The molecule has 2 unspecified atom stereocenters. The Labute approximate surface area is 112 Å². The van der Waals surface area contributed by atoms with Gasteiger partial charge in [0.05, 0.1) is 12.7 Å². The summed E-state index contributed by atoms with van der Waals surface area (Å²) in [6.45, 7) is 1.13. The number of hydrogen-bond donors (Lipinski definition) is 2. The highest BCUT2D eigenvalue weighted by Crippen LogP contribution is 2.13. The Morgan fingerprint density at radius 2 is 2.26 bits per heavy atom. The summed E-state index contributed by atoms with van der Waals surface area (Å²) in [6, 6.07) is -1.47. The van der Waals surface area contributed by atoms with Crippen LogP contribution in [0.5, 0.6) is 0 Å². The molecular formula is C12H22N2O5. The maximum atomic E-state index is 11.8.